The maximum absolute atomic E-state index is 6.44. The zero-order chi connectivity index (χ0) is 33.4. The molecule has 0 bridgehead atoms. The van der Waals surface area contributed by atoms with Crippen molar-refractivity contribution < 1.29 is 13.6 Å². The molecule has 10 aromatic rings. The van der Waals surface area contributed by atoms with Crippen molar-refractivity contribution in [2.45, 2.75) is 44.7 Å². The van der Waals surface area contributed by atoms with E-state index in [0.717, 1.165) is 37.0 Å². The SMILES string of the molecule is Cc1ccc2[n+](c1)CCC1C(CCc3cc4c(cc3-2)c2cccc3c5ccc6oc7ccccc7c6c5n4c23)c2ccccc2-c2cccc[n+]21. The Morgan fingerprint density at radius 1 is 0.647 bits per heavy atom. The van der Waals surface area contributed by atoms with Crippen LogP contribution in [0, 0.1) is 6.92 Å². The molecule has 2 aliphatic heterocycles. The Labute approximate surface area is 294 Å². The molecule has 2 unspecified atom stereocenters. The number of aromatic nitrogens is 3. The van der Waals surface area contributed by atoms with E-state index in [1.807, 2.05) is 0 Å². The number of fused-ring (bicyclic) bond motifs is 19. The summed E-state index contributed by atoms with van der Waals surface area (Å²) in [6.45, 7) is 3.18. The highest BCUT2D eigenvalue weighted by atomic mass is 16.3. The van der Waals surface area contributed by atoms with Crippen LogP contribution in [0.3, 0.4) is 0 Å². The zero-order valence-corrected chi connectivity index (χ0v) is 28.4. The molecule has 0 aliphatic carbocycles. The minimum Gasteiger partial charge on any atom is -0.456 e. The number of furan rings is 1. The lowest BCUT2D eigenvalue weighted by Crippen LogP contribution is -2.50. The standard InChI is InChI=1S/C47H35N3O/c1-28-16-20-39-37-26-38-34-13-8-12-33-35-19-21-44-45(36-11-4-5-15-43(36)51-44)47(35)50(46(33)34)42(38)25-29(37)17-18-32-30-9-2-3-10-31(30)40-14-6-7-23-49(40)41(32)22-24-48(39)27-28/h2-16,19-21,23,25-27,32,41H,17-18,22,24H2,1H3/q+2. The van der Waals surface area contributed by atoms with E-state index in [1.54, 1.807) is 0 Å². The first-order chi connectivity index (χ1) is 25.2. The van der Waals surface area contributed by atoms with Crippen molar-refractivity contribution in [3.8, 4) is 22.5 Å². The summed E-state index contributed by atoms with van der Waals surface area (Å²) in [7, 11) is 0. The normalized spacial score (nSPS) is 17.2. The Bertz CT molecular complexity index is 3070. The molecule has 0 saturated heterocycles. The fourth-order valence-corrected chi connectivity index (χ4v) is 10.1. The van der Waals surface area contributed by atoms with Crippen molar-refractivity contribution in [1.29, 1.82) is 0 Å². The Balaban J connectivity index is 1.16. The second-order valence-corrected chi connectivity index (χ2v) is 14.9. The predicted octanol–water partition coefficient (Wildman–Crippen LogP) is 10.6. The first-order valence-corrected chi connectivity index (χ1v) is 18.4. The van der Waals surface area contributed by atoms with E-state index < -0.39 is 0 Å². The Hall–Kier alpha value is -6.00. The van der Waals surface area contributed by atoms with Crippen LogP contribution in [0.1, 0.15) is 41.5 Å². The quantitative estimate of drug-likeness (QED) is 0.149. The van der Waals surface area contributed by atoms with Crippen LogP contribution in [-0.4, -0.2) is 4.40 Å². The molecule has 0 fully saturated rings. The third kappa shape index (κ3) is 3.69. The minimum atomic E-state index is 0.382. The highest BCUT2D eigenvalue weighted by Crippen LogP contribution is 2.47. The largest absolute Gasteiger partial charge is 0.456 e. The fraction of sp³-hybridized carbons (Fsp3) is 0.149. The number of nitrogens with zero attached hydrogens (tertiary/aromatic N) is 3. The first kappa shape index (κ1) is 27.8. The maximum atomic E-state index is 6.44. The monoisotopic (exact) mass is 657 g/mol. The van der Waals surface area contributed by atoms with Gasteiger partial charge < -0.3 is 8.82 Å². The predicted molar refractivity (Wildman–Crippen MR) is 206 cm³/mol. The van der Waals surface area contributed by atoms with Gasteiger partial charge in [0, 0.05) is 62.2 Å². The second-order valence-electron chi connectivity index (χ2n) is 14.9. The highest BCUT2D eigenvalue weighted by Gasteiger charge is 2.41. The Kier molecular flexibility index (Phi) is 5.47. The molecule has 0 saturated carbocycles. The number of para-hydroxylation sites is 2. The van der Waals surface area contributed by atoms with Crippen molar-refractivity contribution in [2.24, 2.45) is 0 Å². The van der Waals surface area contributed by atoms with E-state index in [0.29, 0.717) is 12.0 Å². The lowest BCUT2D eigenvalue weighted by molar-refractivity contribution is -0.738. The van der Waals surface area contributed by atoms with Gasteiger partial charge in [0.15, 0.2) is 25.0 Å². The lowest BCUT2D eigenvalue weighted by atomic mass is 9.78. The van der Waals surface area contributed by atoms with Gasteiger partial charge in [0.2, 0.25) is 11.4 Å². The number of hydrogen-bond acceptors (Lipinski definition) is 1. The van der Waals surface area contributed by atoms with Crippen molar-refractivity contribution in [2.75, 3.05) is 0 Å². The fourth-order valence-electron chi connectivity index (χ4n) is 10.1. The Morgan fingerprint density at radius 3 is 2.43 bits per heavy atom. The Morgan fingerprint density at radius 2 is 1.47 bits per heavy atom. The number of hydrogen-bond donors (Lipinski definition) is 0. The summed E-state index contributed by atoms with van der Waals surface area (Å²) in [5.41, 5.74) is 15.3. The van der Waals surface area contributed by atoms with Gasteiger partial charge >= 0.3 is 0 Å². The van der Waals surface area contributed by atoms with Crippen LogP contribution >= 0.6 is 0 Å². The molecular formula is C47H35N3O+2. The molecule has 7 heterocycles. The summed E-state index contributed by atoms with van der Waals surface area (Å²) in [6, 6.07) is 45.7. The van der Waals surface area contributed by atoms with E-state index in [9.17, 15) is 0 Å². The van der Waals surface area contributed by atoms with Gasteiger partial charge in [-0.05, 0) is 79.4 Å². The van der Waals surface area contributed by atoms with E-state index in [4.69, 9.17) is 4.42 Å². The molecule has 4 heteroatoms. The molecule has 0 radical (unpaired) electrons. The average Bonchev–Trinajstić information content (AvgIpc) is 3.82. The van der Waals surface area contributed by atoms with Crippen molar-refractivity contribution in [3.05, 3.63) is 150 Å². The molecule has 5 aromatic heterocycles. The number of rotatable bonds is 0. The van der Waals surface area contributed by atoms with Gasteiger partial charge in [-0.3, -0.25) is 0 Å². The zero-order valence-electron chi connectivity index (χ0n) is 28.4. The maximum Gasteiger partial charge on any atom is 0.213 e. The van der Waals surface area contributed by atoms with Gasteiger partial charge in [-0.25, -0.2) is 0 Å². The summed E-state index contributed by atoms with van der Waals surface area (Å²) in [5.74, 6) is 0.419. The minimum absolute atomic E-state index is 0.382. The average molecular weight is 658 g/mol. The first-order valence-electron chi connectivity index (χ1n) is 18.4. The summed E-state index contributed by atoms with van der Waals surface area (Å²) in [5, 5.41) is 7.58. The van der Waals surface area contributed by atoms with Crippen molar-refractivity contribution >= 4 is 60.0 Å². The van der Waals surface area contributed by atoms with Crippen LogP contribution in [0.25, 0.3) is 82.5 Å². The molecule has 12 rings (SSSR count). The van der Waals surface area contributed by atoms with Gasteiger partial charge in [-0.15, -0.1) is 0 Å². The summed E-state index contributed by atoms with van der Waals surface area (Å²) in [6.07, 6.45) is 7.85. The van der Waals surface area contributed by atoms with E-state index >= 15 is 0 Å². The van der Waals surface area contributed by atoms with Gasteiger partial charge in [0.05, 0.1) is 33.9 Å². The number of pyridine rings is 2. The third-order valence-corrected chi connectivity index (χ3v) is 12.2. The van der Waals surface area contributed by atoms with E-state index in [2.05, 4.69) is 154 Å². The van der Waals surface area contributed by atoms with Crippen LogP contribution in [0.5, 0.6) is 0 Å². The molecule has 0 spiro atoms. The van der Waals surface area contributed by atoms with Crippen LogP contribution in [-0.2, 0) is 13.0 Å². The van der Waals surface area contributed by atoms with Gasteiger partial charge in [0.1, 0.15) is 11.2 Å². The molecular weight excluding hydrogens is 623 g/mol. The van der Waals surface area contributed by atoms with Gasteiger partial charge in [-0.1, -0.05) is 54.6 Å². The number of benzene rings is 5. The topological polar surface area (TPSA) is 25.3 Å². The molecule has 2 aliphatic rings. The summed E-state index contributed by atoms with van der Waals surface area (Å²) >= 11 is 0. The summed E-state index contributed by atoms with van der Waals surface area (Å²) < 4.78 is 14.1. The van der Waals surface area contributed by atoms with Gasteiger partial charge in [-0.2, -0.15) is 9.13 Å². The van der Waals surface area contributed by atoms with Crippen LogP contribution in [0.15, 0.2) is 138 Å². The lowest BCUT2D eigenvalue weighted by Gasteiger charge is -2.31. The van der Waals surface area contributed by atoms with E-state index in [1.165, 1.54) is 88.1 Å². The molecule has 2 atom stereocenters. The molecule has 0 N–H and O–H groups in total. The van der Waals surface area contributed by atoms with Crippen LogP contribution in [0.4, 0.5) is 0 Å². The van der Waals surface area contributed by atoms with Crippen LogP contribution in [0.2, 0.25) is 0 Å². The van der Waals surface area contributed by atoms with Crippen molar-refractivity contribution in [3.63, 3.8) is 0 Å². The van der Waals surface area contributed by atoms with Gasteiger partial charge in [0.25, 0.3) is 0 Å². The molecule has 242 valence electrons. The highest BCUT2D eigenvalue weighted by molar-refractivity contribution is 6.30. The molecule has 5 aromatic carbocycles. The summed E-state index contributed by atoms with van der Waals surface area (Å²) in [4.78, 5) is 0. The van der Waals surface area contributed by atoms with Crippen LogP contribution < -0.4 is 9.13 Å². The van der Waals surface area contributed by atoms with E-state index in [-0.39, 0.29) is 0 Å². The molecule has 4 nitrogen and oxygen atoms in total. The molecule has 51 heavy (non-hydrogen) atoms. The van der Waals surface area contributed by atoms with Crippen molar-refractivity contribution in [1.82, 2.24) is 4.40 Å². The third-order valence-electron chi connectivity index (χ3n) is 12.2. The smallest absolute Gasteiger partial charge is 0.213 e. The second kappa shape index (κ2) is 10.0. The molecule has 0 amide bonds. The number of aryl methyl sites for hydroxylation is 3.